The Hall–Kier alpha value is -3.15. The first kappa shape index (κ1) is 24.0. The number of alkyl halides is 3. The molecular weight excluding hydrogens is 455 g/mol. The monoisotopic (exact) mass is 481 g/mol. The van der Waals surface area contributed by atoms with Crippen molar-refractivity contribution in [2.24, 2.45) is 0 Å². The molecule has 0 atom stereocenters. The van der Waals surface area contributed by atoms with E-state index in [2.05, 4.69) is 10.6 Å². The molecule has 1 aromatic carbocycles. The van der Waals surface area contributed by atoms with Crippen LogP contribution >= 0.6 is 0 Å². The van der Waals surface area contributed by atoms with Crippen LogP contribution in [-0.4, -0.2) is 83.3 Å². The quantitative estimate of drug-likeness (QED) is 0.623. The van der Waals surface area contributed by atoms with E-state index in [-0.39, 0.29) is 43.7 Å². The van der Waals surface area contributed by atoms with Gasteiger partial charge in [0.2, 0.25) is 11.8 Å². The van der Waals surface area contributed by atoms with Gasteiger partial charge in [0, 0.05) is 26.2 Å². The highest BCUT2D eigenvalue weighted by atomic mass is 19.4. The Kier molecular flexibility index (Phi) is 6.52. The number of nitrogens with one attached hydrogen (secondary N) is 2. The minimum atomic E-state index is -4.58. The van der Waals surface area contributed by atoms with E-state index in [1.807, 2.05) is 0 Å². The predicted octanol–water partition coefficient (Wildman–Crippen LogP) is 1.65. The van der Waals surface area contributed by atoms with E-state index in [0.717, 1.165) is 23.8 Å². The minimum Gasteiger partial charge on any atom is -0.339 e. The van der Waals surface area contributed by atoms with Crippen molar-refractivity contribution in [2.45, 2.75) is 37.4 Å². The number of halogens is 3. The Morgan fingerprint density at radius 2 is 1.65 bits per heavy atom. The van der Waals surface area contributed by atoms with Crippen molar-refractivity contribution in [1.29, 1.82) is 0 Å². The Morgan fingerprint density at radius 1 is 1.00 bits per heavy atom. The summed E-state index contributed by atoms with van der Waals surface area (Å²) in [5.74, 6) is -1.29. The van der Waals surface area contributed by atoms with Crippen LogP contribution in [0.2, 0.25) is 0 Å². The maximum absolute atomic E-state index is 13.1. The van der Waals surface area contributed by atoms with Gasteiger partial charge in [-0.1, -0.05) is 25.0 Å². The molecule has 2 N–H and O–H groups in total. The molecule has 0 aromatic heterocycles. The number of para-hydroxylation sites is 1. The summed E-state index contributed by atoms with van der Waals surface area (Å²) < 4.78 is 39.3. The van der Waals surface area contributed by atoms with Gasteiger partial charge in [-0.3, -0.25) is 24.2 Å². The van der Waals surface area contributed by atoms with Crippen molar-refractivity contribution in [1.82, 2.24) is 20.0 Å². The number of carbonyl (C=O) groups is 4. The molecule has 34 heavy (non-hydrogen) atoms. The van der Waals surface area contributed by atoms with Gasteiger partial charge >= 0.3 is 12.2 Å². The lowest BCUT2D eigenvalue weighted by atomic mass is 9.98. The van der Waals surface area contributed by atoms with Crippen LogP contribution in [0.4, 0.5) is 23.7 Å². The molecule has 1 aliphatic carbocycles. The molecule has 3 fully saturated rings. The lowest BCUT2D eigenvalue weighted by Gasteiger charge is -2.35. The molecule has 1 spiro atoms. The molecule has 184 valence electrons. The number of carbonyl (C=O) groups excluding carboxylic acids is 4. The summed E-state index contributed by atoms with van der Waals surface area (Å²) >= 11 is 0. The number of benzene rings is 1. The number of hydrogen-bond acceptors (Lipinski definition) is 5. The summed E-state index contributed by atoms with van der Waals surface area (Å²) in [6, 6.07) is 4.22. The van der Waals surface area contributed by atoms with E-state index in [1.165, 1.54) is 23.1 Å². The molecule has 2 heterocycles. The zero-order valence-electron chi connectivity index (χ0n) is 18.5. The maximum atomic E-state index is 13.1. The van der Waals surface area contributed by atoms with Gasteiger partial charge in [0.05, 0.1) is 17.8 Å². The van der Waals surface area contributed by atoms with Gasteiger partial charge in [-0.2, -0.15) is 13.2 Å². The van der Waals surface area contributed by atoms with Crippen LogP contribution in [-0.2, 0) is 20.6 Å². The van der Waals surface area contributed by atoms with Crippen LogP contribution in [0.15, 0.2) is 24.3 Å². The first-order valence-corrected chi connectivity index (χ1v) is 11.2. The molecule has 0 radical (unpaired) electrons. The number of hydrogen-bond donors (Lipinski definition) is 2. The molecule has 2 aliphatic heterocycles. The highest BCUT2D eigenvalue weighted by molar-refractivity contribution is 6.09. The van der Waals surface area contributed by atoms with E-state index in [0.29, 0.717) is 25.9 Å². The van der Waals surface area contributed by atoms with Gasteiger partial charge in [-0.05, 0) is 25.0 Å². The second-order valence-electron chi connectivity index (χ2n) is 8.86. The lowest BCUT2D eigenvalue weighted by molar-refractivity contribution is -0.140. The first-order valence-electron chi connectivity index (χ1n) is 11.2. The number of anilines is 1. The van der Waals surface area contributed by atoms with Crippen molar-refractivity contribution in [3.63, 3.8) is 0 Å². The van der Waals surface area contributed by atoms with Gasteiger partial charge in [0.1, 0.15) is 12.1 Å². The number of nitrogens with zero attached hydrogens (tertiary/aromatic N) is 3. The Morgan fingerprint density at radius 3 is 2.29 bits per heavy atom. The van der Waals surface area contributed by atoms with Gasteiger partial charge in [-0.15, -0.1) is 0 Å². The Bertz CT molecular complexity index is 985. The summed E-state index contributed by atoms with van der Waals surface area (Å²) in [6.45, 7) is 0.777. The lowest BCUT2D eigenvalue weighted by Crippen LogP contribution is -2.53. The fourth-order valence-electron chi connectivity index (χ4n) is 4.76. The third-order valence-electron chi connectivity index (χ3n) is 6.60. The number of amides is 5. The standard InChI is InChI=1S/C22H26F3N5O4/c23-22(24,25)15-5-1-2-6-16(15)26-17(31)13-28-9-11-29(12-10-28)18(32)14-30-19(33)21(27-20(30)34)7-3-4-8-21/h1-2,5-6H,3-4,7-14H2,(H,26,31)(H,27,34). The highest BCUT2D eigenvalue weighted by Crippen LogP contribution is 2.35. The number of rotatable bonds is 5. The van der Waals surface area contributed by atoms with Crippen LogP contribution in [0.1, 0.15) is 31.2 Å². The summed E-state index contributed by atoms with van der Waals surface area (Å²) in [5.41, 5.74) is -2.09. The zero-order chi connectivity index (χ0) is 24.5. The largest absolute Gasteiger partial charge is 0.418 e. The summed E-state index contributed by atoms with van der Waals surface area (Å²) in [4.78, 5) is 54.2. The van der Waals surface area contributed by atoms with Crippen molar-refractivity contribution < 1.29 is 32.3 Å². The van der Waals surface area contributed by atoms with Gasteiger partial charge in [-0.25, -0.2) is 4.79 Å². The molecule has 4 rings (SSSR count). The van der Waals surface area contributed by atoms with Crippen LogP contribution in [0.3, 0.4) is 0 Å². The van der Waals surface area contributed by atoms with Crippen LogP contribution in [0, 0.1) is 0 Å². The molecule has 0 bridgehead atoms. The maximum Gasteiger partial charge on any atom is 0.418 e. The molecule has 2 saturated heterocycles. The predicted molar refractivity (Wildman–Crippen MR) is 115 cm³/mol. The van der Waals surface area contributed by atoms with Crippen LogP contribution in [0.25, 0.3) is 0 Å². The van der Waals surface area contributed by atoms with E-state index < -0.39 is 29.2 Å². The van der Waals surface area contributed by atoms with Crippen molar-refractivity contribution in [3.8, 4) is 0 Å². The van der Waals surface area contributed by atoms with Crippen molar-refractivity contribution in [2.75, 3.05) is 44.6 Å². The molecule has 1 aromatic rings. The third-order valence-corrected chi connectivity index (χ3v) is 6.60. The fraction of sp³-hybridized carbons (Fsp3) is 0.545. The topological polar surface area (TPSA) is 102 Å². The molecule has 9 nitrogen and oxygen atoms in total. The second kappa shape index (κ2) is 9.24. The average molecular weight is 481 g/mol. The SMILES string of the molecule is O=C(CN1CCN(C(=O)CN2C(=O)NC3(CCCC3)C2=O)CC1)Nc1ccccc1C(F)(F)F. The summed E-state index contributed by atoms with van der Waals surface area (Å²) in [7, 11) is 0. The second-order valence-corrected chi connectivity index (χ2v) is 8.86. The van der Waals surface area contributed by atoms with E-state index in [4.69, 9.17) is 0 Å². The zero-order valence-corrected chi connectivity index (χ0v) is 18.5. The molecule has 0 unspecified atom stereocenters. The van der Waals surface area contributed by atoms with Gasteiger partial charge < -0.3 is 15.5 Å². The molecule has 5 amide bonds. The fourth-order valence-corrected chi connectivity index (χ4v) is 4.76. The summed E-state index contributed by atoms with van der Waals surface area (Å²) in [6.07, 6.45) is -1.72. The third kappa shape index (κ3) is 4.86. The minimum absolute atomic E-state index is 0.121. The van der Waals surface area contributed by atoms with E-state index in [9.17, 15) is 32.3 Å². The number of piperazine rings is 1. The number of imide groups is 1. The van der Waals surface area contributed by atoms with Crippen LogP contribution in [0.5, 0.6) is 0 Å². The molecule has 1 saturated carbocycles. The smallest absolute Gasteiger partial charge is 0.339 e. The normalized spacial score (nSPS) is 20.7. The van der Waals surface area contributed by atoms with E-state index in [1.54, 1.807) is 4.90 Å². The summed E-state index contributed by atoms with van der Waals surface area (Å²) in [5, 5.41) is 5.05. The number of urea groups is 1. The first-order chi connectivity index (χ1) is 16.1. The van der Waals surface area contributed by atoms with Gasteiger partial charge in [0.25, 0.3) is 5.91 Å². The average Bonchev–Trinajstić information content (AvgIpc) is 3.34. The highest BCUT2D eigenvalue weighted by Gasteiger charge is 2.52. The van der Waals surface area contributed by atoms with Crippen LogP contribution < -0.4 is 10.6 Å². The Balaban J connectivity index is 1.26. The molecular formula is C22H26F3N5O4. The van der Waals surface area contributed by atoms with Crippen molar-refractivity contribution >= 4 is 29.4 Å². The Labute approximate surface area is 194 Å². The van der Waals surface area contributed by atoms with Gasteiger partial charge in [0.15, 0.2) is 0 Å². The molecule has 3 aliphatic rings. The van der Waals surface area contributed by atoms with E-state index >= 15 is 0 Å². The van der Waals surface area contributed by atoms with Crippen molar-refractivity contribution in [3.05, 3.63) is 29.8 Å². The molecule has 12 heteroatoms.